The fourth-order valence-electron chi connectivity index (χ4n) is 2.27. The number of hydrogen-bond acceptors (Lipinski definition) is 2. The molecule has 0 aromatic heterocycles. The zero-order valence-corrected chi connectivity index (χ0v) is 10.8. The van der Waals surface area contributed by atoms with Crippen molar-refractivity contribution in [3.05, 3.63) is 29.3 Å². The monoisotopic (exact) mass is 250 g/mol. The smallest absolute Gasteiger partial charge is 0.241 e. The molecule has 1 aromatic rings. The molecule has 1 heterocycles. The van der Waals surface area contributed by atoms with Crippen molar-refractivity contribution in [2.45, 2.75) is 38.9 Å². The van der Waals surface area contributed by atoms with Gasteiger partial charge in [-0.05, 0) is 37.8 Å². The van der Waals surface area contributed by atoms with Crippen molar-refractivity contribution in [1.29, 1.82) is 0 Å². The number of nitrogens with one attached hydrogen (secondary N) is 2. The van der Waals surface area contributed by atoms with Gasteiger partial charge in [0.25, 0.3) is 0 Å². The van der Waals surface area contributed by atoms with Crippen LogP contribution in [0.3, 0.4) is 0 Å². The zero-order valence-electron chi connectivity index (χ0n) is 10.8. The SMILES string of the molecule is Cc1cccc(C)c1NC(=O)[C@@H]1CC[C@H](F)CN1. The maximum absolute atomic E-state index is 13.0. The second-order valence-electron chi connectivity index (χ2n) is 4.89. The number of anilines is 1. The Bertz CT molecular complexity index is 419. The second-order valence-corrected chi connectivity index (χ2v) is 4.89. The average molecular weight is 250 g/mol. The molecule has 0 aliphatic carbocycles. The van der Waals surface area contributed by atoms with Gasteiger partial charge in [0.2, 0.25) is 5.91 Å². The van der Waals surface area contributed by atoms with Gasteiger partial charge in [-0.1, -0.05) is 18.2 Å². The Labute approximate surface area is 107 Å². The molecule has 2 N–H and O–H groups in total. The first-order chi connectivity index (χ1) is 8.58. The summed E-state index contributed by atoms with van der Waals surface area (Å²) in [6.07, 6.45) is 0.185. The molecule has 1 aliphatic heterocycles. The number of piperidine rings is 1. The highest BCUT2D eigenvalue weighted by atomic mass is 19.1. The molecule has 1 amide bonds. The Hall–Kier alpha value is -1.42. The Kier molecular flexibility index (Phi) is 3.97. The molecule has 1 aromatic carbocycles. The van der Waals surface area contributed by atoms with Crippen LogP contribution in [0.4, 0.5) is 10.1 Å². The van der Waals surface area contributed by atoms with Crippen molar-refractivity contribution in [1.82, 2.24) is 5.32 Å². The highest BCUT2D eigenvalue weighted by Gasteiger charge is 2.25. The molecule has 98 valence electrons. The summed E-state index contributed by atoms with van der Waals surface area (Å²) in [6.45, 7) is 4.20. The summed E-state index contributed by atoms with van der Waals surface area (Å²) < 4.78 is 13.0. The molecule has 3 nitrogen and oxygen atoms in total. The number of halogens is 1. The lowest BCUT2D eigenvalue weighted by atomic mass is 10.0. The lowest BCUT2D eigenvalue weighted by Gasteiger charge is -2.25. The number of para-hydroxylation sites is 1. The molecule has 0 spiro atoms. The summed E-state index contributed by atoms with van der Waals surface area (Å²) >= 11 is 0. The van der Waals surface area contributed by atoms with E-state index in [4.69, 9.17) is 0 Å². The van der Waals surface area contributed by atoms with Crippen LogP contribution >= 0.6 is 0 Å². The minimum Gasteiger partial charge on any atom is -0.324 e. The fraction of sp³-hybridized carbons (Fsp3) is 0.500. The second kappa shape index (κ2) is 5.48. The lowest BCUT2D eigenvalue weighted by molar-refractivity contribution is -0.118. The summed E-state index contributed by atoms with van der Waals surface area (Å²) in [5.41, 5.74) is 2.96. The van der Waals surface area contributed by atoms with E-state index in [9.17, 15) is 9.18 Å². The third-order valence-electron chi connectivity index (χ3n) is 3.40. The molecule has 0 bridgehead atoms. The van der Waals surface area contributed by atoms with Crippen LogP contribution in [0.5, 0.6) is 0 Å². The summed E-state index contributed by atoms with van der Waals surface area (Å²) in [7, 11) is 0. The first-order valence-corrected chi connectivity index (χ1v) is 6.32. The van der Waals surface area contributed by atoms with Gasteiger partial charge in [0, 0.05) is 12.2 Å². The molecule has 2 atom stereocenters. The number of rotatable bonds is 2. The standard InChI is InChI=1S/C14H19FN2O/c1-9-4-3-5-10(2)13(9)17-14(18)12-7-6-11(15)8-16-12/h3-5,11-12,16H,6-8H2,1-2H3,(H,17,18)/t11-,12-/m0/s1. The molecule has 0 radical (unpaired) electrons. The number of carbonyl (C=O) groups excluding carboxylic acids is 1. The highest BCUT2D eigenvalue weighted by Crippen LogP contribution is 2.20. The minimum atomic E-state index is -0.825. The average Bonchev–Trinajstić information content (AvgIpc) is 2.34. The Morgan fingerprint density at radius 2 is 2.00 bits per heavy atom. The Morgan fingerprint density at radius 1 is 1.33 bits per heavy atom. The van der Waals surface area contributed by atoms with Crippen molar-refractivity contribution >= 4 is 11.6 Å². The predicted octanol–water partition coefficient (Wildman–Crippen LogP) is 2.33. The van der Waals surface area contributed by atoms with Crippen LogP contribution in [0.2, 0.25) is 0 Å². The molecular weight excluding hydrogens is 231 g/mol. The van der Waals surface area contributed by atoms with E-state index in [2.05, 4.69) is 10.6 Å². The molecule has 4 heteroatoms. The zero-order chi connectivity index (χ0) is 13.1. The summed E-state index contributed by atoms with van der Waals surface area (Å²) in [6, 6.07) is 5.62. The van der Waals surface area contributed by atoms with Crippen LogP contribution in [0, 0.1) is 13.8 Å². The van der Waals surface area contributed by atoms with Crippen LogP contribution in [0.25, 0.3) is 0 Å². The molecular formula is C14H19FN2O. The van der Waals surface area contributed by atoms with Gasteiger partial charge in [-0.15, -0.1) is 0 Å². The lowest BCUT2D eigenvalue weighted by Crippen LogP contribution is -2.47. The van der Waals surface area contributed by atoms with Gasteiger partial charge in [0.15, 0.2) is 0 Å². The van der Waals surface area contributed by atoms with Crippen LogP contribution < -0.4 is 10.6 Å². The number of hydrogen-bond donors (Lipinski definition) is 2. The number of carbonyl (C=O) groups is 1. The Morgan fingerprint density at radius 3 is 2.56 bits per heavy atom. The van der Waals surface area contributed by atoms with E-state index in [-0.39, 0.29) is 18.5 Å². The third kappa shape index (κ3) is 2.88. The third-order valence-corrected chi connectivity index (χ3v) is 3.40. The Balaban J connectivity index is 2.03. The van der Waals surface area contributed by atoms with Gasteiger partial charge >= 0.3 is 0 Å². The topological polar surface area (TPSA) is 41.1 Å². The van der Waals surface area contributed by atoms with E-state index in [1.807, 2.05) is 32.0 Å². The minimum absolute atomic E-state index is 0.0701. The van der Waals surface area contributed by atoms with Crippen molar-refractivity contribution < 1.29 is 9.18 Å². The maximum Gasteiger partial charge on any atom is 0.241 e. The summed E-state index contributed by atoms with van der Waals surface area (Å²) in [5.74, 6) is -0.0701. The fourth-order valence-corrected chi connectivity index (χ4v) is 2.27. The van der Waals surface area contributed by atoms with E-state index in [0.717, 1.165) is 16.8 Å². The first kappa shape index (κ1) is 13.0. The number of aryl methyl sites for hydroxylation is 2. The van der Waals surface area contributed by atoms with Crippen molar-refractivity contribution in [3.8, 4) is 0 Å². The predicted molar refractivity (Wildman–Crippen MR) is 70.5 cm³/mol. The summed E-state index contributed by atoms with van der Waals surface area (Å²) in [5, 5.41) is 5.88. The number of benzene rings is 1. The van der Waals surface area contributed by atoms with Gasteiger partial charge in [-0.2, -0.15) is 0 Å². The molecule has 0 unspecified atom stereocenters. The maximum atomic E-state index is 13.0. The molecule has 0 saturated carbocycles. The van der Waals surface area contributed by atoms with E-state index in [1.165, 1.54) is 0 Å². The quantitative estimate of drug-likeness (QED) is 0.846. The van der Waals surface area contributed by atoms with Gasteiger partial charge < -0.3 is 10.6 Å². The molecule has 2 rings (SSSR count). The van der Waals surface area contributed by atoms with Crippen molar-refractivity contribution in [3.63, 3.8) is 0 Å². The van der Waals surface area contributed by atoms with Crippen molar-refractivity contribution in [2.24, 2.45) is 0 Å². The van der Waals surface area contributed by atoms with Gasteiger partial charge in [0.1, 0.15) is 6.17 Å². The number of amides is 1. The van der Waals surface area contributed by atoms with Gasteiger partial charge in [-0.3, -0.25) is 4.79 Å². The van der Waals surface area contributed by atoms with Gasteiger partial charge in [-0.25, -0.2) is 4.39 Å². The normalized spacial score (nSPS) is 23.7. The van der Waals surface area contributed by atoms with Crippen molar-refractivity contribution in [2.75, 3.05) is 11.9 Å². The van der Waals surface area contributed by atoms with Crippen LogP contribution in [0.1, 0.15) is 24.0 Å². The summed E-state index contributed by atoms with van der Waals surface area (Å²) in [4.78, 5) is 12.1. The van der Waals surface area contributed by atoms with Crippen LogP contribution in [-0.2, 0) is 4.79 Å². The van der Waals surface area contributed by atoms with Crippen LogP contribution in [0.15, 0.2) is 18.2 Å². The van der Waals surface area contributed by atoms with Crippen LogP contribution in [-0.4, -0.2) is 24.7 Å². The molecule has 1 fully saturated rings. The number of alkyl halides is 1. The van der Waals surface area contributed by atoms with E-state index in [1.54, 1.807) is 0 Å². The largest absolute Gasteiger partial charge is 0.324 e. The molecule has 18 heavy (non-hydrogen) atoms. The molecule has 1 aliphatic rings. The van der Waals surface area contributed by atoms with Gasteiger partial charge in [0.05, 0.1) is 6.04 Å². The first-order valence-electron chi connectivity index (χ1n) is 6.32. The van der Waals surface area contributed by atoms with E-state index >= 15 is 0 Å². The molecule has 1 saturated heterocycles. The van der Waals surface area contributed by atoms with E-state index in [0.29, 0.717) is 12.8 Å². The van der Waals surface area contributed by atoms with E-state index < -0.39 is 6.17 Å². The highest BCUT2D eigenvalue weighted by molar-refractivity contribution is 5.96.